The summed E-state index contributed by atoms with van der Waals surface area (Å²) in [7, 11) is 1.70. The first-order valence-corrected chi connectivity index (χ1v) is 9.73. The lowest BCUT2D eigenvalue weighted by molar-refractivity contribution is 0.414. The molecular formula is C21H26N4OS. The fourth-order valence-corrected chi connectivity index (χ4v) is 3.53. The van der Waals surface area contributed by atoms with Crippen LogP contribution in [0.5, 0.6) is 5.75 Å². The van der Waals surface area contributed by atoms with Gasteiger partial charge in [0, 0.05) is 18.7 Å². The number of aryl methyl sites for hydroxylation is 1. The summed E-state index contributed by atoms with van der Waals surface area (Å²) < 4.78 is 8.13. The smallest absolute Gasteiger partial charge is 0.200 e. The summed E-state index contributed by atoms with van der Waals surface area (Å²) in [5.74, 6) is 1.66. The molecule has 0 amide bonds. The molecule has 0 radical (unpaired) electrons. The average molecular weight is 383 g/mol. The second kappa shape index (κ2) is 8.39. The second-order valence-electron chi connectivity index (χ2n) is 6.27. The van der Waals surface area contributed by atoms with Crippen molar-refractivity contribution in [2.24, 2.45) is 0 Å². The first-order chi connectivity index (χ1) is 13.1. The molecule has 0 saturated carbocycles. The fourth-order valence-electron chi connectivity index (χ4n) is 3.29. The van der Waals surface area contributed by atoms with Crippen LogP contribution in [-0.4, -0.2) is 35.0 Å². The van der Waals surface area contributed by atoms with Gasteiger partial charge in [-0.05, 0) is 62.3 Å². The highest BCUT2D eigenvalue weighted by Gasteiger charge is 2.15. The molecule has 3 rings (SSSR count). The molecule has 0 aliphatic heterocycles. The zero-order valence-electron chi connectivity index (χ0n) is 16.3. The molecule has 0 atom stereocenters. The number of hydrogen-bond donors (Lipinski definition) is 1. The number of nitrogens with zero attached hydrogens (tertiary/aromatic N) is 3. The summed E-state index contributed by atoms with van der Waals surface area (Å²) in [6.45, 7) is 8.23. The van der Waals surface area contributed by atoms with Crippen LogP contribution in [0.15, 0.2) is 42.5 Å². The first kappa shape index (κ1) is 19.2. The predicted octanol–water partition coefficient (Wildman–Crippen LogP) is 5.01. The lowest BCUT2D eigenvalue weighted by atomic mass is 10.1. The van der Waals surface area contributed by atoms with E-state index < -0.39 is 0 Å². The number of nitrogens with one attached hydrogen (secondary N) is 1. The number of aromatic nitrogens is 3. The average Bonchev–Trinajstić information content (AvgIpc) is 3.10. The van der Waals surface area contributed by atoms with Crippen molar-refractivity contribution in [3.8, 4) is 22.8 Å². The molecule has 142 valence electrons. The zero-order chi connectivity index (χ0) is 19.4. The third-order valence-electron chi connectivity index (χ3n) is 4.79. The molecule has 1 heterocycles. The van der Waals surface area contributed by atoms with E-state index in [2.05, 4.69) is 66.2 Å². The van der Waals surface area contributed by atoms with Crippen molar-refractivity contribution in [1.82, 2.24) is 14.8 Å². The minimum absolute atomic E-state index is 0.572. The SMILES string of the molecule is CCc1cccc(-c2n[nH]c(=S)n2-c2ccc(OC)c(N(CC)CC)c2)c1. The third kappa shape index (κ3) is 3.76. The lowest BCUT2D eigenvalue weighted by Crippen LogP contribution is -2.22. The number of benzene rings is 2. The maximum absolute atomic E-state index is 5.58. The molecule has 0 aliphatic rings. The van der Waals surface area contributed by atoms with Crippen molar-refractivity contribution in [3.05, 3.63) is 52.8 Å². The summed E-state index contributed by atoms with van der Waals surface area (Å²) in [5, 5.41) is 7.44. The van der Waals surface area contributed by atoms with Gasteiger partial charge in [-0.25, -0.2) is 0 Å². The van der Waals surface area contributed by atoms with Gasteiger partial charge in [0.2, 0.25) is 0 Å². The Bertz CT molecular complexity index is 972. The molecule has 0 aliphatic carbocycles. The monoisotopic (exact) mass is 382 g/mol. The maximum atomic E-state index is 5.58. The standard InChI is InChI=1S/C21H26N4OS/c1-5-15-9-8-10-16(13-15)20-22-23-21(27)25(20)17-11-12-19(26-4)18(14-17)24(6-2)7-3/h8-14H,5-7H2,1-4H3,(H,23,27). The van der Waals surface area contributed by atoms with Crippen LogP contribution in [0.25, 0.3) is 17.1 Å². The molecule has 0 saturated heterocycles. The van der Waals surface area contributed by atoms with E-state index in [9.17, 15) is 0 Å². The summed E-state index contributed by atoms with van der Waals surface area (Å²) in [6.07, 6.45) is 0.980. The van der Waals surface area contributed by atoms with Gasteiger partial charge in [-0.3, -0.25) is 9.67 Å². The quantitative estimate of drug-likeness (QED) is 0.583. The van der Waals surface area contributed by atoms with Crippen molar-refractivity contribution in [2.45, 2.75) is 27.2 Å². The van der Waals surface area contributed by atoms with Crippen molar-refractivity contribution in [3.63, 3.8) is 0 Å². The zero-order valence-corrected chi connectivity index (χ0v) is 17.1. The molecule has 27 heavy (non-hydrogen) atoms. The van der Waals surface area contributed by atoms with Crippen LogP contribution in [0.1, 0.15) is 26.3 Å². The third-order valence-corrected chi connectivity index (χ3v) is 5.06. The Morgan fingerprint density at radius 3 is 2.56 bits per heavy atom. The lowest BCUT2D eigenvalue weighted by Gasteiger charge is -2.24. The highest BCUT2D eigenvalue weighted by Crippen LogP contribution is 2.32. The van der Waals surface area contributed by atoms with Gasteiger partial charge in [-0.2, -0.15) is 5.10 Å². The number of ether oxygens (including phenoxy) is 1. The summed E-state index contributed by atoms with van der Waals surface area (Å²) in [5.41, 5.74) is 4.33. The Morgan fingerprint density at radius 2 is 1.89 bits per heavy atom. The Labute approximate surface area is 165 Å². The Kier molecular flexibility index (Phi) is 5.96. The number of hydrogen-bond acceptors (Lipinski definition) is 4. The minimum atomic E-state index is 0.572. The molecule has 0 fully saturated rings. The summed E-state index contributed by atoms with van der Waals surface area (Å²) in [6, 6.07) is 14.5. The van der Waals surface area contributed by atoms with Crippen LogP contribution in [-0.2, 0) is 6.42 Å². The van der Waals surface area contributed by atoms with Gasteiger partial charge in [-0.15, -0.1) is 0 Å². The Hall–Kier alpha value is -2.60. The van der Waals surface area contributed by atoms with Crippen LogP contribution in [0.4, 0.5) is 5.69 Å². The van der Waals surface area contributed by atoms with Crippen molar-refractivity contribution < 1.29 is 4.74 Å². The molecule has 1 aromatic heterocycles. The second-order valence-corrected chi connectivity index (χ2v) is 6.66. The Morgan fingerprint density at radius 1 is 1.11 bits per heavy atom. The molecule has 0 spiro atoms. The van der Waals surface area contributed by atoms with Crippen LogP contribution in [0.3, 0.4) is 0 Å². The van der Waals surface area contributed by atoms with Crippen molar-refractivity contribution >= 4 is 17.9 Å². The van der Waals surface area contributed by atoms with Gasteiger partial charge in [-0.1, -0.05) is 25.1 Å². The molecule has 1 N–H and O–H groups in total. The van der Waals surface area contributed by atoms with Gasteiger partial charge in [0.1, 0.15) is 5.75 Å². The van der Waals surface area contributed by atoms with E-state index in [1.807, 2.05) is 16.7 Å². The molecule has 3 aromatic rings. The highest BCUT2D eigenvalue weighted by molar-refractivity contribution is 7.71. The number of H-pyrrole nitrogens is 1. The van der Waals surface area contributed by atoms with E-state index in [0.29, 0.717) is 4.77 Å². The Balaban J connectivity index is 2.16. The van der Waals surface area contributed by atoms with Crippen molar-refractivity contribution in [2.75, 3.05) is 25.1 Å². The van der Waals surface area contributed by atoms with E-state index >= 15 is 0 Å². The van der Waals surface area contributed by atoms with E-state index in [1.165, 1.54) is 5.56 Å². The summed E-state index contributed by atoms with van der Waals surface area (Å²) >= 11 is 5.54. The van der Waals surface area contributed by atoms with E-state index in [-0.39, 0.29) is 0 Å². The maximum Gasteiger partial charge on any atom is 0.200 e. The molecule has 0 unspecified atom stereocenters. The number of methoxy groups -OCH3 is 1. The molecule has 0 bridgehead atoms. The molecular weight excluding hydrogens is 356 g/mol. The fraction of sp³-hybridized carbons (Fsp3) is 0.333. The number of anilines is 1. The largest absolute Gasteiger partial charge is 0.495 e. The first-order valence-electron chi connectivity index (χ1n) is 9.32. The number of aromatic amines is 1. The van der Waals surface area contributed by atoms with Crippen molar-refractivity contribution in [1.29, 1.82) is 0 Å². The summed E-state index contributed by atoms with van der Waals surface area (Å²) in [4.78, 5) is 2.27. The van der Waals surface area contributed by atoms with E-state index in [4.69, 9.17) is 17.0 Å². The minimum Gasteiger partial charge on any atom is -0.495 e. The normalized spacial score (nSPS) is 10.8. The molecule has 5 nitrogen and oxygen atoms in total. The number of rotatable bonds is 7. The topological polar surface area (TPSA) is 46.1 Å². The van der Waals surface area contributed by atoms with Crippen LogP contribution < -0.4 is 9.64 Å². The molecule has 6 heteroatoms. The van der Waals surface area contributed by atoms with Gasteiger partial charge in [0.15, 0.2) is 10.6 Å². The molecule has 2 aromatic carbocycles. The van der Waals surface area contributed by atoms with Gasteiger partial charge in [0.25, 0.3) is 0 Å². The van der Waals surface area contributed by atoms with Gasteiger partial charge >= 0.3 is 0 Å². The van der Waals surface area contributed by atoms with Gasteiger partial charge in [0.05, 0.1) is 18.5 Å². The van der Waals surface area contributed by atoms with Crippen LogP contribution in [0, 0.1) is 4.77 Å². The van der Waals surface area contributed by atoms with E-state index in [0.717, 1.165) is 48.0 Å². The highest BCUT2D eigenvalue weighted by atomic mass is 32.1. The van der Waals surface area contributed by atoms with Gasteiger partial charge < -0.3 is 9.64 Å². The van der Waals surface area contributed by atoms with Crippen LogP contribution in [0.2, 0.25) is 0 Å². The van der Waals surface area contributed by atoms with E-state index in [1.54, 1.807) is 7.11 Å². The van der Waals surface area contributed by atoms with Crippen LogP contribution >= 0.6 is 12.2 Å². The predicted molar refractivity (Wildman–Crippen MR) is 114 cm³/mol.